The molecule has 1 N–H and O–H groups in total. The number of aryl methyl sites for hydroxylation is 3. The van der Waals surface area contributed by atoms with Crippen LogP contribution in [0.25, 0.3) is 10.9 Å². The molecule has 0 aliphatic carbocycles. The van der Waals surface area contributed by atoms with Crippen LogP contribution in [-0.2, 0) is 7.05 Å². The first-order valence-corrected chi connectivity index (χ1v) is 7.47. The highest BCUT2D eigenvalue weighted by molar-refractivity contribution is 6.35. The quantitative estimate of drug-likeness (QED) is 0.731. The Morgan fingerprint density at radius 2 is 1.77 bits per heavy atom. The minimum atomic E-state index is -0.139. The van der Waals surface area contributed by atoms with Crippen molar-refractivity contribution in [1.29, 1.82) is 0 Å². The Morgan fingerprint density at radius 3 is 2.41 bits per heavy atom. The monoisotopic (exact) mass is 312 g/mol. The number of fused-ring (bicyclic) bond motifs is 1. The number of hydrogen-bond donors (Lipinski definition) is 1. The van der Waals surface area contributed by atoms with Gasteiger partial charge in [-0.3, -0.25) is 4.79 Å². The van der Waals surface area contributed by atoms with Gasteiger partial charge < -0.3 is 9.88 Å². The lowest BCUT2D eigenvalue weighted by atomic mass is 10.1. The van der Waals surface area contributed by atoms with Crippen LogP contribution in [0.2, 0.25) is 5.02 Å². The minimum absolute atomic E-state index is 0.139. The summed E-state index contributed by atoms with van der Waals surface area (Å²) in [5.74, 6) is -0.139. The SMILES string of the molecule is Cc1cc(C)cc(NC(=O)c2cc3c(Cl)cccc3n2C)c1. The summed E-state index contributed by atoms with van der Waals surface area (Å²) in [7, 11) is 1.87. The third-order valence-corrected chi connectivity index (χ3v) is 4.08. The molecule has 22 heavy (non-hydrogen) atoms. The summed E-state index contributed by atoms with van der Waals surface area (Å²) in [5, 5.41) is 4.50. The average molecular weight is 313 g/mol. The molecule has 2 aromatic carbocycles. The van der Waals surface area contributed by atoms with E-state index in [1.165, 1.54) is 0 Å². The van der Waals surface area contributed by atoms with Crippen LogP contribution in [0.3, 0.4) is 0 Å². The lowest BCUT2D eigenvalue weighted by molar-refractivity contribution is 0.102. The van der Waals surface area contributed by atoms with Gasteiger partial charge in [-0.1, -0.05) is 23.7 Å². The second kappa shape index (κ2) is 5.50. The maximum atomic E-state index is 12.6. The minimum Gasteiger partial charge on any atom is -0.340 e. The molecule has 0 atom stereocenters. The zero-order valence-electron chi connectivity index (χ0n) is 12.8. The summed E-state index contributed by atoms with van der Waals surface area (Å²) < 4.78 is 1.86. The average Bonchev–Trinajstić information content (AvgIpc) is 2.77. The van der Waals surface area contributed by atoms with Gasteiger partial charge >= 0.3 is 0 Å². The number of amides is 1. The van der Waals surface area contributed by atoms with Crippen molar-refractivity contribution >= 4 is 34.1 Å². The summed E-state index contributed by atoms with van der Waals surface area (Å²) >= 11 is 6.20. The molecule has 3 rings (SSSR count). The van der Waals surface area contributed by atoms with Crippen LogP contribution in [0.4, 0.5) is 5.69 Å². The van der Waals surface area contributed by atoms with Crippen LogP contribution < -0.4 is 5.32 Å². The fourth-order valence-electron chi connectivity index (χ4n) is 2.78. The van der Waals surface area contributed by atoms with E-state index >= 15 is 0 Å². The van der Waals surface area contributed by atoms with Crippen molar-refractivity contribution in [2.24, 2.45) is 7.05 Å². The standard InChI is InChI=1S/C18H17ClN2O/c1-11-7-12(2)9-13(8-11)20-18(22)17-10-14-15(19)5-4-6-16(14)21(17)3/h4-10H,1-3H3,(H,20,22). The number of benzene rings is 2. The number of rotatable bonds is 2. The molecule has 0 saturated carbocycles. The van der Waals surface area contributed by atoms with E-state index in [1.807, 2.05) is 61.9 Å². The van der Waals surface area contributed by atoms with Crippen LogP contribution in [0.5, 0.6) is 0 Å². The van der Waals surface area contributed by atoms with Gasteiger partial charge in [0.15, 0.2) is 0 Å². The summed E-state index contributed by atoms with van der Waals surface area (Å²) in [5.41, 5.74) is 4.57. The number of halogens is 1. The van der Waals surface area contributed by atoms with Gasteiger partial charge in [-0.25, -0.2) is 0 Å². The van der Waals surface area contributed by atoms with Gasteiger partial charge in [-0.2, -0.15) is 0 Å². The van der Waals surface area contributed by atoms with Crippen molar-refractivity contribution in [2.45, 2.75) is 13.8 Å². The molecule has 0 saturated heterocycles. The van der Waals surface area contributed by atoms with Gasteiger partial charge in [0.25, 0.3) is 5.91 Å². The summed E-state index contributed by atoms with van der Waals surface area (Å²) in [6.45, 7) is 4.03. The first-order chi connectivity index (χ1) is 10.5. The lowest BCUT2D eigenvalue weighted by Crippen LogP contribution is -2.15. The van der Waals surface area contributed by atoms with Crippen molar-refractivity contribution in [3.8, 4) is 0 Å². The van der Waals surface area contributed by atoms with Crippen molar-refractivity contribution in [3.05, 3.63) is 64.3 Å². The number of nitrogens with one attached hydrogen (secondary N) is 1. The van der Waals surface area contributed by atoms with E-state index in [2.05, 4.69) is 11.4 Å². The second-order valence-electron chi connectivity index (χ2n) is 5.59. The lowest BCUT2D eigenvalue weighted by Gasteiger charge is -2.08. The fourth-order valence-corrected chi connectivity index (χ4v) is 3.01. The van der Waals surface area contributed by atoms with E-state index in [4.69, 9.17) is 11.6 Å². The molecule has 0 fully saturated rings. The molecule has 0 spiro atoms. The largest absolute Gasteiger partial charge is 0.340 e. The van der Waals surface area contributed by atoms with E-state index in [-0.39, 0.29) is 5.91 Å². The normalized spacial score (nSPS) is 10.9. The Morgan fingerprint density at radius 1 is 1.09 bits per heavy atom. The van der Waals surface area contributed by atoms with E-state index < -0.39 is 0 Å². The first-order valence-electron chi connectivity index (χ1n) is 7.09. The summed E-state index contributed by atoms with van der Waals surface area (Å²) in [6, 6.07) is 13.5. The molecule has 3 aromatic rings. The predicted molar refractivity (Wildman–Crippen MR) is 91.8 cm³/mol. The fraction of sp³-hybridized carbons (Fsp3) is 0.167. The number of carbonyl (C=O) groups is 1. The smallest absolute Gasteiger partial charge is 0.272 e. The van der Waals surface area contributed by atoms with Gasteiger partial charge in [-0.05, 0) is 55.3 Å². The number of anilines is 1. The van der Waals surface area contributed by atoms with Crippen LogP contribution in [-0.4, -0.2) is 10.5 Å². The molecule has 1 amide bonds. The third kappa shape index (κ3) is 2.60. The molecule has 4 heteroatoms. The number of carbonyl (C=O) groups excluding carboxylic acids is 1. The topological polar surface area (TPSA) is 34.0 Å². The van der Waals surface area contributed by atoms with Gasteiger partial charge in [0.05, 0.1) is 0 Å². The van der Waals surface area contributed by atoms with Crippen molar-refractivity contribution in [1.82, 2.24) is 4.57 Å². The van der Waals surface area contributed by atoms with Gasteiger partial charge in [0.1, 0.15) is 5.69 Å². The van der Waals surface area contributed by atoms with Gasteiger partial charge in [-0.15, -0.1) is 0 Å². The Kier molecular flexibility index (Phi) is 3.67. The van der Waals surface area contributed by atoms with Gasteiger partial charge in [0.2, 0.25) is 0 Å². The Labute approximate surface area is 134 Å². The summed E-state index contributed by atoms with van der Waals surface area (Å²) in [4.78, 5) is 12.6. The molecule has 1 aromatic heterocycles. The predicted octanol–water partition coefficient (Wildman–Crippen LogP) is 4.70. The number of nitrogens with zero attached hydrogens (tertiary/aromatic N) is 1. The zero-order chi connectivity index (χ0) is 15.9. The third-order valence-electron chi connectivity index (χ3n) is 3.75. The Bertz CT molecular complexity index is 860. The molecule has 0 aliphatic rings. The molecular formula is C18H17ClN2O. The van der Waals surface area contributed by atoms with Crippen molar-refractivity contribution in [3.63, 3.8) is 0 Å². The summed E-state index contributed by atoms with van der Waals surface area (Å²) in [6.07, 6.45) is 0. The van der Waals surface area contributed by atoms with E-state index in [9.17, 15) is 4.79 Å². The second-order valence-corrected chi connectivity index (χ2v) is 6.00. The van der Waals surface area contributed by atoms with Crippen LogP contribution in [0.1, 0.15) is 21.6 Å². The molecule has 1 heterocycles. The van der Waals surface area contributed by atoms with Crippen molar-refractivity contribution in [2.75, 3.05) is 5.32 Å². The van der Waals surface area contributed by atoms with Crippen LogP contribution in [0.15, 0.2) is 42.5 Å². The van der Waals surface area contributed by atoms with Crippen LogP contribution in [0, 0.1) is 13.8 Å². The molecule has 3 nitrogen and oxygen atoms in total. The van der Waals surface area contributed by atoms with E-state index in [0.29, 0.717) is 10.7 Å². The van der Waals surface area contributed by atoms with E-state index in [0.717, 1.165) is 27.7 Å². The van der Waals surface area contributed by atoms with Crippen molar-refractivity contribution < 1.29 is 4.79 Å². The molecule has 0 unspecified atom stereocenters. The molecule has 0 radical (unpaired) electrons. The Hall–Kier alpha value is -2.26. The number of aromatic nitrogens is 1. The molecule has 112 valence electrons. The number of hydrogen-bond acceptors (Lipinski definition) is 1. The maximum absolute atomic E-state index is 12.6. The molecular weight excluding hydrogens is 296 g/mol. The highest BCUT2D eigenvalue weighted by Crippen LogP contribution is 2.26. The highest BCUT2D eigenvalue weighted by Gasteiger charge is 2.15. The first kappa shape index (κ1) is 14.7. The molecule has 0 aliphatic heterocycles. The molecule has 0 bridgehead atoms. The van der Waals surface area contributed by atoms with E-state index in [1.54, 1.807) is 0 Å². The van der Waals surface area contributed by atoms with Crippen LogP contribution >= 0.6 is 11.6 Å². The highest BCUT2D eigenvalue weighted by atomic mass is 35.5. The zero-order valence-corrected chi connectivity index (χ0v) is 13.5. The Balaban J connectivity index is 1.99. The maximum Gasteiger partial charge on any atom is 0.272 e. The van der Waals surface area contributed by atoms with Gasteiger partial charge in [0, 0.05) is 28.7 Å².